The van der Waals surface area contributed by atoms with Crippen molar-refractivity contribution in [3.8, 4) is 0 Å². The predicted molar refractivity (Wildman–Crippen MR) is 74.5 cm³/mol. The Labute approximate surface area is 117 Å². The van der Waals surface area contributed by atoms with Crippen molar-refractivity contribution < 1.29 is 9.53 Å². The lowest BCUT2D eigenvalue weighted by atomic mass is 10.2. The normalized spacial score (nSPS) is 10.7. The van der Waals surface area contributed by atoms with Gasteiger partial charge in [0, 0.05) is 18.2 Å². The molecule has 0 bridgehead atoms. The van der Waals surface area contributed by atoms with Crippen molar-refractivity contribution in [1.82, 2.24) is 5.32 Å². The molecule has 5 heteroatoms. The van der Waals surface area contributed by atoms with Crippen LogP contribution in [-0.2, 0) is 4.74 Å². The number of rotatable bonds is 6. The van der Waals surface area contributed by atoms with Crippen LogP contribution in [0.25, 0.3) is 0 Å². The Balaban J connectivity index is 2.36. The van der Waals surface area contributed by atoms with Crippen LogP contribution in [0.15, 0.2) is 18.2 Å². The molecule has 1 aromatic carbocycles. The zero-order valence-electron chi connectivity index (χ0n) is 10.5. The van der Waals surface area contributed by atoms with Crippen LogP contribution in [0.1, 0.15) is 30.6 Å². The van der Waals surface area contributed by atoms with Gasteiger partial charge in [0.15, 0.2) is 0 Å². The van der Waals surface area contributed by atoms with Gasteiger partial charge in [-0.2, -0.15) is 0 Å². The van der Waals surface area contributed by atoms with Gasteiger partial charge in [-0.1, -0.05) is 23.2 Å². The van der Waals surface area contributed by atoms with E-state index in [4.69, 9.17) is 27.9 Å². The molecule has 0 fully saturated rings. The number of hydrogen-bond donors (Lipinski definition) is 1. The number of benzene rings is 1. The third-order valence-corrected chi connectivity index (χ3v) is 2.78. The third-order valence-electron chi connectivity index (χ3n) is 2.23. The molecule has 1 amide bonds. The second-order valence-electron chi connectivity index (χ2n) is 4.15. The minimum Gasteiger partial charge on any atom is -0.379 e. The standard InChI is InChI=1S/C13H17Cl2NO2/c1-9(2)18-7-3-6-16-13(17)11-5-4-10(14)8-12(11)15/h4-5,8-9H,3,6-7H2,1-2H3,(H,16,17). The highest BCUT2D eigenvalue weighted by Crippen LogP contribution is 2.20. The molecule has 1 rings (SSSR count). The van der Waals surface area contributed by atoms with E-state index < -0.39 is 0 Å². The Morgan fingerprint density at radius 2 is 2.11 bits per heavy atom. The van der Waals surface area contributed by atoms with Gasteiger partial charge in [0.2, 0.25) is 0 Å². The number of nitrogens with one attached hydrogen (secondary N) is 1. The SMILES string of the molecule is CC(C)OCCCNC(=O)c1ccc(Cl)cc1Cl. The Hall–Kier alpha value is -0.770. The van der Waals surface area contributed by atoms with Crippen LogP contribution < -0.4 is 5.32 Å². The first-order chi connectivity index (χ1) is 8.50. The summed E-state index contributed by atoms with van der Waals surface area (Å²) in [4.78, 5) is 11.8. The second kappa shape index (κ2) is 7.62. The fourth-order valence-electron chi connectivity index (χ4n) is 1.36. The monoisotopic (exact) mass is 289 g/mol. The molecule has 0 spiro atoms. The van der Waals surface area contributed by atoms with E-state index >= 15 is 0 Å². The van der Waals surface area contributed by atoms with E-state index in [9.17, 15) is 4.79 Å². The van der Waals surface area contributed by atoms with Crippen LogP contribution in [0.5, 0.6) is 0 Å². The van der Waals surface area contributed by atoms with E-state index in [2.05, 4.69) is 5.32 Å². The van der Waals surface area contributed by atoms with E-state index in [1.54, 1.807) is 18.2 Å². The zero-order chi connectivity index (χ0) is 13.5. The lowest BCUT2D eigenvalue weighted by Gasteiger charge is -2.09. The first kappa shape index (κ1) is 15.3. The number of hydrogen-bond acceptors (Lipinski definition) is 2. The van der Waals surface area contributed by atoms with Gasteiger partial charge < -0.3 is 10.1 Å². The molecule has 0 atom stereocenters. The smallest absolute Gasteiger partial charge is 0.252 e. The van der Waals surface area contributed by atoms with E-state index in [1.807, 2.05) is 13.8 Å². The van der Waals surface area contributed by atoms with Crippen molar-refractivity contribution in [2.75, 3.05) is 13.2 Å². The van der Waals surface area contributed by atoms with Crippen LogP contribution in [-0.4, -0.2) is 25.2 Å². The molecule has 0 saturated carbocycles. The van der Waals surface area contributed by atoms with E-state index in [0.29, 0.717) is 28.8 Å². The molecule has 3 nitrogen and oxygen atoms in total. The summed E-state index contributed by atoms with van der Waals surface area (Å²) in [6.07, 6.45) is 0.987. The van der Waals surface area contributed by atoms with Crippen LogP contribution >= 0.6 is 23.2 Å². The van der Waals surface area contributed by atoms with E-state index in [1.165, 1.54) is 0 Å². The molecule has 0 aliphatic heterocycles. The first-order valence-electron chi connectivity index (χ1n) is 5.85. The lowest BCUT2D eigenvalue weighted by Crippen LogP contribution is -2.25. The van der Waals surface area contributed by atoms with E-state index in [-0.39, 0.29) is 12.0 Å². The van der Waals surface area contributed by atoms with Gasteiger partial charge in [0.05, 0.1) is 16.7 Å². The fraction of sp³-hybridized carbons (Fsp3) is 0.462. The van der Waals surface area contributed by atoms with Gasteiger partial charge in [-0.05, 0) is 38.5 Å². The van der Waals surface area contributed by atoms with Crippen molar-refractivity contribution >= 4 is 29.1 Å². The van der Waals surface area contributed by atoms with Crippen molar-refractivity contribution in [2.45, 2.75) is 26.4 Å². The minimum absolute atomic E-state index is 0.193. The van der Waals surface area contributed by atoms with E-state index in [0.717, 1.165) is 6.42 Å². The van der Waals surface area contributed by atoms with Crippen molar-refractivity contribution in [3.63, 3.8) is 0 Å². The fourth-order valence-corrected chi connectivity index (χ4v) is 1.86. The van der Waals surface area contributed by atoms with Gasteiger partial charge in [-0.25, -0.2) is 0 Å². The molecule has 0 radical (unpaired) electrons. The van der Waals surface area contributed by atoms with Gasteiger partial charge in [0.25, 0.3) is 5.91 Å². The second-order valence-corrected chi connectivity index (χ2v) is 5.00. The average Bonchev–Trinajstić information content (AvgIpc) is 2.27. The largest absolute Gasteiger partial charge is 0.379 e. The highest BCUT2D eigenvalue weighted by Gasteiger charge is 2.09. The summed E-state index contributed by atoms with van der Waals surface area (Å²) >= 11 is 11.7. The topological polar surface area (TPSA) is 38.3 Å². The highest BCUT2D eigenvalue weighted by atomic mass is 35.5. The molecule has 1 aromatic rings. The number of ether oxygens (including phenoxy) is 1. The zero-order valence-corrected chi connectivity index (χ0v) is 12.0. The lowest BCUT2D eigenvalue weighted by molar-refractivity contribution is 0.0757. The molecule has 0 saturated heterocycles. The number of halogens is 2. The highest BCUT2D eigenvalue weighted by molar-refractivity contribution is 6.36. The van der Waals surface area contributed by atoms with Crippen molar-refractivity contribution in [2.24, 2.45) is 0 Å². The summed E-state index contributed by atoms with van der Waals surface area (Å²) in [5.41, 5.74) is 0.436. The molecule has 0 aliphatic carbocycles. The Kier molecular flexibility index (Phi) is 6.47. The van der Waals surface area contributed by atoms with Crippen molar-refractivity contribution in [3.05, 3.63) is 33.8 Å². The quantitative estimate of drug-likeness (QED) is 0.814. The van der Waals surface area contributed by atoms with Gasteiger partial charge in [0.1, 0.15) is 0 Å². The molecular formula is C13H17Cl2NO2. The van der Waals surface area contributed by atoms with Gasteiger partial charge >= 0.3 is 0 Å². The summed E-state index contributed by atoms with van der Waals surface area (Å²) in [6.45, 7) is 5.15. The summed E-state index contributed by atoms with van der Waals surface area (Å²) in [7, 11) is 0. The molecule has 1 N–H and O–H groups in total. The van der Waals surface area contributed by atoms with Crippen LogP contribution in [0.2, 0.25) is 10.0 Å². The average molecular weight is 290 g/mol. The third kappa shape index (κ3) is 5.25. The number of carbonyl (C=O) groups excluding carboxylic acids is 1. The van der Waals surface area contributed by atoms with Crippen LogP contribution in [0, 0.1) is 0 Å². The summed E-state index contributed by atoms with van der Waals surface area (Å²) in [5, 5.41) is 3.66. The molecule has 0 aromatic heterocycles. The van der Waals surface area contributed by atoms with Crippen LogP contribution in [0.3, 0.4) is 0 Å². The molecule has 0 heterocycles. The summed E-state index contributed by atoms with van der Waals surface area (Å²) < 4.78 is 5.37. The minimum atomic E-state index is -0.193. The summed E-state index contributed by atoms with van der Waals surface area (Å²) in [5.74, 6) is -0.193. The predicted octanol–water partition coefficient (Wildman–Crippen LogP) is 3.54. The maximum Gasteiger partial charge on any atom is 0.252 e. The maximum atomic E-state index is 11.8. The molecule has 0 aliphatic rings. The van der Waals surface area contributed by atoms with Crippen LogP contribution in [0.4, 0.5) is 0 Å². The van der Waals surface area contributed by atoms with Gasteiger partial charge in [-0.15, -0.1) is 0 Å². The molecule has 18 heavy (non-hydrogen) atoms. The summed E-state index contributed by atoms with van der Waals surface area (Å²) in [6, 6.07) is 4.81. The Morgan fingerprint density at radius 3 is 2.72 bits per heavy atom. The Morgan fingerprint density at radius 1 is 1.39 bits per heavy atom. The molecule has 100 valence electrons. The van der Waals surface area contributed by atoms with Crippen molar-refractivity contribution in [1.29, 1.82) is 0 Å². The Bertz CT molecular complexity index is 408. The number of amides is 1. The maximum absolute atomic E-state index is 11.8. The molecule has 0 unspecified atom stereocenters. The number of carbonyl (C=O) groups is 1. The van der Waals surface area contributed by atoms with Gasteiger partial charge in [-0.3, -0.25) is 4.79 Å². The molecular weight excluding hydrogens is 273 g/mol. The first-order valence-corrected chi connectivity index (χ1v) is 6.61.